The molecule has 0 heterocycles. The molecule has 86 valence electrons. The molecule has 0 bridgehead atoms. The van der Waals surface area contributed by atoms with Gasteiger partial charge < -0.3 is 20.1 Å². The van der Waals surface area contributed by atoms with Crippen LogP contribution < -0.4 is 0 Å². The van der Waals surface area contributed by atoms with Crippen LogP contribution in [0, 0.1) is 0 Å². The largest absolute Gasteiger partial charge is 0.508 e. The Morgan fingerprint density at radius 2 is 1.88 bits per heavy atom. The summed E-state index contributed by atoms with van der Waals surface area (Å²) < 4.78 is 4.67. The highest BCUT2D eigenvalue weighted by atomic mass is 16.5. The second-order valence-electron chi connectivity index (χ2n) is 2.98. The Kier molecular flexibility index (Phi) is 3.84. The number of carboxylic acid groups (broad SMARTS) is 2. The minimum absolute atomic E-state index is 0.0243. The van der Waals surface area contributed by atoms with Gasteiger partial charge in [0.1, 0.15) is 12.4 Å². The van der Waals surface area contributed by atoms with Gasteiger partial charge in [-0.15, -0.1) is 0 Å². The van der Waals surface area contributed by atoms with E-state index >= 15 is 0 Å². The average molecular weight is 226 g/mol. The molecule has 0 aliphatic heterocycles. The molecule has 3 N–H and O–H groups in total. The van der Waals surface area contributed by atoms with Crippen molar-refractivity contribution in [2.45, 2.75) is 6.10 Å². The van der Waals surface area contributed by atoms with Gasteiger partial charge in [0.25, 0.3) is 0 Å². The summed E-state index contributed by atoms with van der Waals surface area (Å²) in [6.07, 6.45) is -1.49. The van der Waals surface area contributed by atoms with E-state index in [0.717, 1.165) is 0 Å². The SMILES string of the molecule is O=C(O)COC(C(=O)O)c1ccccc1O. The smallest absolute Gasteiger partial charge is 0.337 e. The van der Waals surface area contributed by atoms with Crippen molar-refractivity contribution in [3.63, 3.8) is 0 Å². The zero-order valence-corrected chi connectivity index (χ0v) is 8.16. The Labute approximate surface area is 90.7 Å². The lowest BCUT2D eigenvalue weighted by molar-refractivity contribution is -0.156. The van der Waals surface area contributed by atoms with Crippen LogP contribution >= 0.6 is 0 Å². The van der Waals surface area contributed by atoms with Gasteiger partial charge in [-0.25, -0.2) is 9.59 Å². The molecule has 16 heavy (non-hydrogen) atoms. The number of aromatic hydroxyl groups is 1. The van der Waals surface area contributed by atoms with Crippen LogP contribution in [0.15, 0.2) is 24.3 Å². The molecule has 0 radical (unpaired) electrons. The third-order valence-electron chi connectivity index (χ3n) is 1.82. The molecule has 0 spiro atoms. The number of phenolic OH excluding ortho intramolecular Hbond substituents is 1. The number of hydrogen-bond donors (Lipinski definition) is 3. The second-order valence-corrected chi connectivity index (χ2v) is 2.98. The van der Waals surface area contributed by atoms with E-state index in [1.165, 1.54) is 24.3 Å². The van der Waals surface area contributed by atoms with Crippen LogP contribution in [-0.2, 0) is 14.3 Å². The summed E-state index contributed by atoms with van der Waals surface area (Å²) in [5.41, 5.74) is 0.0243. The van der Waals surface area contributed by atoms with Gasteiger partial charge in [0, 0.05) is 5.56 Å². The molecule has 1 aromatic rings. The van der Waals surface area contributed by atoms with Crippen molar-refractivity contribution >= 4 is 11.9 Å². The number of aliphatic carboxylic acids is 2. The number of para-hydroxylation sites is 1. The Morgan fingerprint density at radius 1 is 1.25 bits per heavy atom. The fourth-order valence-electron chi connectivity index (χ4n) is 1.16. The number of carboxylic acids is 2. The van der Waals surface area contributed by atoms with E-state index in [2.05, 4.69) is 4.74 Å². The van der Waals surface area contributed by atoms with Crippen LogP contribution in [-0.4, -0.2) is 33.9 Å². The Morgan fingerprint density at radius 3 is 2.38 bits per heavy atom. The van der Waals surface area contributed by atoms with Gasteiger partial charge in [-0.1, -0.05) is 18.2 Å². The normalized spacial score (nSPS) is 12.0. The summed E-state index contributed by atoms with van der Waals surface area (Å²) in [4.78, 5) is 21.1. The van der Waals surface area contributed by atoms with Crippen molar-refractivity contribution in [2.24, 2.45) is 0 Å². The summed E-state index contributed by atoms with van der Waals surface area (Å²) in [5.74, 6) is -2.88. The van der Waals surface area contributed by atoms with Gasteiger partial charge in [-0.05, 0) is 6.07 Å². The van der Waals surface area contributed by atoms with Crippen LogP contribution in [0.4, 0.5) is 0 Å². The van der Waals surface area contributed by atoms with Gasteiger partial charge in [0.05, 0.1) is 0 Å². The van der Waals surface area contributed by atoms with E-state index in [0.29, 0.717) is 0 Å². The fraction of sp³-hybridized carbons (Fsp3) is 0.200. The van der Waals surface area contributed by atoms with Crippen molar-refractivity contribution in [3.05, 3.63) is 29.8 Å². The van der Waals surface area contributed by atoms with Gasteiger partial charge in [0.2, 0.25) is 0 Å². The van der Waals surface area contributed by atoms with Crippen LogP contribution in [0.1, 0.15) is 11.7 Å². The van der Waals surface area contributed by atoms with Gasteiger partial charge >= 0.3 is 11.9 Å². The summed E-state index contributed by atoms with van der Waals surface area (Å²) >= 11 is 0. The molecule has 0 amide bonds. The lowest BCUT2D eigenvalue weighted by Gasteiger charge is -2.13. The fourth-order valence-corrected chi connectivity index (χ4v) is 1.16. The molecule has 6 heteroatoms. The topological polar surface area (TPSA) is 104 Å². The maximum Gasteiger partial charge on any atom is 0.337 e. The number of phenols is 1. The monoisotopic (exact) mass is 226 g/mol. The van der Waals surface area contributed by atoms with Crippen LogP contribution in [0.3, 0.4) is 0 Å². The van der Waals surface area contributed by atoms with E-state index < -0.39 is 24.6 Å². The van der Waals surface area contributed by atoms with Crippen molar-refractivity contribution in [1.29, 1.82) is 0 Å². The van der Waals surface area contributed by atoms with E-state index in [1.54, 1.807) is 0 Å². The van der Waals surface area contributed by atoms with Crippen molar-refractivity contribution < 1.29 is 29.6 Å². The molecule has 1 atom stereocenters. The van der Waals surface area contributed by atoms with Crippen LogP contribution in [0.25, 0.3) is 0 Å². The van der Waals surface area contributed by atoms with Crippen LogP contribution in [0.5, 0.6) is 5.75 Å². The summed E-state index contributed by atoms with van der Waals surface area (Å²) in [5, 5.41) is 26.6. The number of rotatable bonds is 5. The molecule has 1 unspecified atom stereocenters. The zero-order valence-electron chi connectivity index (χ0n) is 8.16. The summed E-state index contributed by atoms with van der Waals surface area (Å²) in [6, 6.07) is 5.70. The maximum atomic E-state index is 10.8. The maximum absolute atomic E-state index is 10.8. The zero-order chi connectivity index (χ0) is 12.1. The number of benzene rings is 1. The van der Waals surface area contributed by atoms with Crippen LogP contribution in [0.2, 0.25) is 0 Å². The molecular formula is C10H10O6. The van der Waals surface area contributed by atoms with Gasteiger partial charge in [0.15, 0.2) is 6.10 Å². The van der Waals surface area contributed by atoms with Gasteiger partial charge in [-0.2, -0.15) is 0 Å². The highest BCUT2D eigenvalue weighted by Gasteiger charge is 2.24. The van der Waals surface area contributed by atoms with Crippen molar-refractivity contribution in [1.82, 2.24) is 0 Å². The third-order valence-corrected chi connectivity index (χ3v) is 1.82. The summed E-state index contributed by atoms with van der Waals surface area (Å²) in [6.45, 7) is -0.745. The predicted octanol–water partition coefficient (Wildman–Crippen LogP) is 0.619. The minimum Gasteiger partial charge on any atom is -0.508 e. The Bertz CT molecular complexity index is 400. The first-order chi connectivity index (χ1) is 7.52. The molecule has 0 saturated heterocycles. The molecule has 0 aromatic heterocycles. The molecule has 0 aliphatic rings. The van der Waals surface area contributed by atoms with E-state index in [-0.39, 0.29) is 11.3 Å². The highest BCUT2D eigenvalue weighted by molar-refractivity contribution is 5.76. The average Bonchev–Trinajstić information content (AvgIpc) is 2.20. The minimum atomic E-state index is -1.49. The highest BCUT2D eigenvalue weighted by Crippen LogP contribution is 2.26. The quantitative estimate of drug-likeness (QED) is 0.679. The van der Waals surface area contributed by atoms with Crippen molar-refractivity contribution in [3.8, 4) is 5.75 Å². The molecule has 0 fully saturated rings. The lowest BCUT2D eigenvalue weighted by atomic mass is 10.1. The first-order valence-electron chi connectivity index (χ1n) is 4.36. The number of carbonyl (C=O) groups is 2. The molecule has 6 nitrogen and oxygen atoms in total. The Balaban J connectivity index is 2.90. The van der Waals surface area contributed by atoms with Gasteiger partial charge in [-0.3, -0.25) is 0 Å². The van der Waals surface area contributed by atoms with E-state index in [4.69, 9.17) is 10.2 Å². The molecule has 1 rings (SSSR count). The van der Waals surface area contributed by atoms with Crippen molar-refractivity contribution in [2.75, 3.05) is 6.61 Å². The van der Waals surface area contributed by atoms with E-state index in [1.807, 2.05) is 0 Å². The standard InChI is InChI=1S/C10H10O6/c11-7-4-2-1-3-6(7)9(10(14)15)16-5-8(12)13/h1-4,9,11H,5H2,(H,12,13)(H,14,15). The molecule has 0 saturated carbocycles. The van der Waals surface area contributed by atoms with E-state index in [9.17, 15) is 14.7 Å². The second kappa shape index (κ2) is 5.13. The Hall–Kier alpha value is -2.08. The number of ether oxygens (including phenoxy) is 1. The third kappa shape index (κ3) is 2.96. The number of hydrogen-bond acceptors (Lipinski definition) is 4. The molecular weight excluding hydrogens is 216 g/mol. The molecule has 0 aliphatic carbocycles. The summed E-state index contributed by atoms with van der Waals surface area (Å²) in [7, 11) is 0. The first-order valence-corrected chi connectivity index (χ1v) is 4.36. The predicted molar refractivity (Wildman–Crippen MR) is 52.1 cm³/mol. The molecule has 1 aromatic carbocycles. The first kappa shape index (κ1) is 12.0. The lowest BCUT2D eigenvalue weighted by Crippen LogP contribution is -2.19.